The molecule has 1 unspecified atom stereocenters. The molecule has 0 aromatic carbocycles. The molecule has 5 nitrogen and oxygen atoms in total. The molecule has 0 spiro atoms. The van der Waals surface area contributed by atoms with E-state index < -0.39 is 50.8 Å². The summed E-state index contributed by atoms with van der Waals surface area (Å²) in [5.41, 5.74) is -3.80. The highest BCUT2D eigenvalue weighted by molar-refractivity contribution is 6.74. The fourth-order valence-electron chi connectivity index (χ4n) is 2.38. The molecule has 0 aliphatic carbocycles. The molecule has 1 fully saturated rings. The van der Waals surface area contributed by atoms with Crippen LogP contribution in [0.4, 0.5) is 18.0 Å². The minimum absolute atomic E-state index is 0.0614. The first kappa shape index (κ1) is 23.2. The van der Waals surface area contributed by atoms with Gasteiger partial charge >= 0.3 is 12.3 Å². The minimum Gasteiger partial charge on any atom is -0.444 e. The number of carbonyl (C=O) groups excluding carboxylic acids is 1. The second-order valence-corrected chi connectivity index (χ2v) is 14.4. The van der Waals surface area contributed by atoms with Gasteiger partial charge in [-0.05, 0) is 38.9 Å². The highest BCUT2D eigenvalue weighted by Crippen LogP contribution is 2.42. The Morgan fingerprint density at radius 3 is 2.08 bits per heavy atom. The third-order valence-corrected chi connectivity index (χ3v) is 9.55. The number of amides is 1. The van der Waals surface area contributed by atoms with E-state index in [1.807, 2.05) is 33.9 Å². The molecule has 1 aliphatic heterocycles. The van der Waals surface area contributed by atoms with Crippen molar-refractivity contribution in [1.82, 2.24) is 4.90 Å². The third kappa shape index (κ3) is 5.36. The molecule has 1 heterocycles. The van der Waals surface area contributed by atoms with E-state index in [1.54, 1.807) is 20.8 Å². The van der Waals surface area contributed by atoms with E-state index in [2.05, 4.69) is 0 Å². The number of hydrogen-bond acceptors (Lipinski definition) is 4. The first-order chi connectivity index (χ1) is 11.3. The van der Waals surface area contributed by atoms with Crippen LogP contribution in [0.25, 0.3) is 0 Å². The van der Waals surface area contributed by atoms with Gasteiger partial charge in [-0.25, -0.2) is 4.79 Å². The molecule has 1 rings (SSSR count). The van der Waals surface area contributed by atoms with Crippen molar-refractivity contribution in [3.8, 4) is 0 Å². The summed E-state index contributed by atoms with van der Waals surface area (Å²) >= 11 is 0. The van der Waals surface area contributed by atoms with E-state index in [1.165, 1.54) is 0 Å². The molecule has 0 aromatic heterocycles. The topological polar surface area (TPSA) is 59.0 Å². The Labute approximate surface area is 155 Å². The molecule has 9 heteroatoms. The number of ether oxygens (including phenoxy) is 1. The van der Waals surface area contributed by atoms with Crippen molar-refractivity contribution in [3.63, 3.8) is 0 Å². The van der Waals surface area contributed by atoms with Crippen molar-refractivity contribution in [2.45, 2.75) is 89.5 Å². The van der Waals surface area contributed by atoms with Gasteiger partial charge in [-0.15, -0.1) is 0 Å². The van der Waals surface area contributed by atoms with Gasteiger partial charge in [0.05, 0.1) is 19.2 Å². The molecule has 1 saturated heterocycles. The summed E-state index contributed by atoms with van der Waals surface area (Å²) in [5.74, 6) is 0. The number of rotatable bonds is 3. The van der Waals surface area contributed by atoms with Crippen LogP contribution in [-0.2, 0) is 9.16 Å². The molecule has 1 N–H and O–H groups in total. The van der Waals surface area contributed by atoms with Crippen LogP contribution in [0.3, 0.4) is 0 Å². The zero-order valence-electron chi connectivity index (χ0n) is 17.0. The lowest BCUT2D eigenvalue weighted by atomic mass is 10.0. The van der Waals surface area contributed by atoms with E-state index >= 15 is 0 Å². The molecule has 154 valence electrons. The van der Waals surface area contributed by atoms with Crippen LogP contribution in [0.1, 0.15) is 48.0 Å². The summed E-state index contributed by atoms with van der Waals surface area (Å²) in [6.45, 7) is 14.0. The van der Waals surface area contributed by atoms with Crippen molar-refractivity contribution in [2.75, 3.05) is 13.2 Å². The van der Waals surface area contributed by atoms with Crippen LogP contribution in [0.2, 0.25) is 18.1 Å². The second-order valence-electron chi connectivity index (χ2n) is 9.57. The summed E-state index contributed by atoms with van der Waals surface area (Å²) in [6.07, 6.45) is -6.33. The average molecular weight is 400 g/mol. The Kier molecular flexibility index (Phi) is 6.24. The monoisotopic (exact) mass is 399 g/mol. The highest BCUT2D eigenvalue weighted by Gasteiger charge is 2.61. The molecule has 0 aromatic rings. The number of β-amino-alcohol motifs (C(OH)–C–C–N with tert-alkyl or cyclic N) is 1. The molecular formula is C17H32F3NO4Si. The molecule has 0 saturated carbocycles. The standard InChI is InChI=1S/C17H32F3NO4Si/c1-14(2,3)25-13(22)21-11-16(23,17(18,19)20)9-12(21)10-24-26(7,8)15(4,5)6/h12,23H,9-11H2,1-8H3/t12-,16?/m1/s1. The van der Waals surface area contributed by atoms with E-state index in [-0.39, 0.29) is 11.6 Å². The number of alkyl halides is 3. The Morgan fingerprint density at radius 1 is 1.19 bits per heavy atom. The number of likely N-dealkylation sites (tertiary alicyclic amines) is 1. The SMILES string of the molecule is CC(C)(C)OC(=O)N1CC(O)(C(F)(F)F)C[C@@H]1CO[Si](C)(C)C(C)(C)C. The van der Waals surface area contributed by atoms with E-state index in [0.717, 1.165) is 4.90 Å². The summed E-state index contributed by atoms with van der Waals surface area (Å²) in [4.78, 5) is 13.3. The van der Waals surface area contributed by atoms with Gasteiger partial charge in [0.1, 0.15) is 5.60 Å². The van der Waals surface area contributed by atoms with E-state index in [0.29, 0.717) is 0 Å². The molecule has 1 aliphatic rings. The molecule has 0 radical (unpaired) electrons. The zero-order valence-corrected chi connectivity index (χ0v) is 18.0. The Morgan fingerprint density at radius 2 is 1.69 bits per heavy atom. The fourth-order valence-corrected chi connectivity index (χ4v) is 3.43. The Balaban J connectivity index is 3.02. The van der Waals surface area contributed by atoms with Gasteiger partial charge in [0.25, 0.3) is 0 Å². The van der Waals surface area contributed by atoms with Gasteiger partial charge in [0, 0.05) is 6.42 Å². The minimum atomic E-state index is -4.83. The van der Waals surface area contributed by atoms with Crippen LogP contribution in [0, 0.1) is 0 Å². The number of carbonyl (C=O) groups is 1. The van der Waals surface area contributed by atoms with Crippen molar-refractivity contribution in [2.24, 2.45) is 0 Å². The predicted octanol–water partition coefficient (Wildman–Crippen LogP) is 4.31. The van der Waals surface area contributed by atoms with Gasteiger partial charge in [0.15, 0.2) is 13.9 Å². The third-order valence-electron chi connectivity index (χ3n) is 5.04. The van der Waals surface area contributed by atoms with Crippen molar-refractivity contribution in [3.05, 3.63) is 0 Å². The predicted molar refractivity (Wildman–Crippen MR) is 95.5 cm³/mol. The smallest absolute Gasteiger partial charge is 0.419 e. The molecule has 0 bridgehead atoms. The van der Waals surface area contributed by atoms with Crippen molar-refractivity contribution in [1.29, 1.82) is 0 Å². The summed E-state index contributed by atoms with van der Waals surface area (Å²) in [5, 5.41) is 9.96. The van der Waals surface area contributed by atoms with Crippen molar-refractivity contribution >= 4 is 14.4 Å². The number of nitrogens with zero attached hydrogens (tertiary/aromatic N) is 1. The molecule has 2 atom stereocenters. The van der Waals surface area contributed by atoms with Gasteiger partial charge in [-0.2, -0.15) is 13.2 Å². The fraction of sp³-hybridized carbons (Fsp3) is 0.941. The van der Waals surface area contributed by atoms with Crippen LogP contribution in [0.5, 0.6) is 0 Å². The van der Waals surface area contributed by atoms with Gasteiger partial charge < -0.3 is 14.3 Å². The first-order valence-electron chi connectivity index (χ1n) is 8.72. The first-order valence-corrected chi connectivity index (χ1v) is 11.6. The largest absolute Gasteiger partial charge is 0.444 e. The van der Waals surface area contributed by atoms with Crippen LogP contribution in [0.15, 0.2) is 0 Å². The lowest BCUT2D eigenvalue weighted by Gasteiger charge is -2.38. The van der Waals surface area contributed by atoms with Crippen LogP contribution in [-0.4, -0.2) is 61.0 Å². The second kappa shape index (κ2) is 6.98. The molecule has 1 amide bonds. The molecular weight excluding hydrogens is 367 g/mol. The van der Waals surface area contributed by atoms with Crippen LogP contribution >= 0.6 is 0 Å². The quantitative estimate of drug-likeness (QED) is 0.719. The van der Waals surface area contributed by atoms with Crippen molar-refractivity contribution < 1.29 is 32.2 Å². The zero-order chi connectivity index (χ0) is 20.8. The lowest BCUT2D eigenvalue weighted by Crippen LogP contribution is -2.49. The maximum Gasteiger partial charge on any atom is 0.419 e. The number of halogens is 3. The maximum absolute atomic E-state index is 13.3. The van der Waals surface area contributed by atoms with Gasteiger partial charge in [0.2, 0.25) is 0 Å². The van der Waals surface area contributed by atoms with Crippen LogP contribution < -0.4 is 0 Å². The normalized spacial score (nSPS) is 25.5. The average Bonchev–Trinajstić information content (AvgIpc) is 2.71. The summed E-state index contributed by atoms with van der Waals surface area (Å²) < 4.78 is 51.1. The Bertz CT molecular complexity index is 526. The Hall–Kier alpha value is -0.803. The lowest BCUT2D eigenvalue weighted by molar-refractivity contribution is -0.253. The van der Waals surface area contributed by atoms with E-state index in [9.17, 15) is 23.1 Å². The number of hydrogen-bond donors (Lipinski definition) is 1. The maximum atomic E-state index is 13.3. The van der Waals surface area contributed by atoms with E-state index in [4.69, 9.17) is 9.16 Å². The van der Waals surface area contributed by atoms with Gasteiger partial charge in [-0.1, -0.05) is 20.8 Å². The van der Waals surface area contributed by atoms with Gasteiger partial charge in [-0.3, -0.25) is 4.90 Å². The summed E-state index contributed by atoms with van der Waals surface area (Å²) in [6, 6.07) is -0.898. The number of aliphatic hydroxyl groups is 1. The highest BCUT2D eigenvalue weighted by atomic mass is 28.4. The summed E-state index contributed by atoms with van der Waals surface area (Å²) in [7, 11) is -2.22. The molecule has 26 heavy (non-hydrogen) atoms.